The van der Waals surface area contributed by atoms with E-state index in [0.717, 1.165) is 10.2 Å². The van der Waals surface area contributed by atoms with Crippen molar-refractivity contribution in [2.75, 3.05) is 13.7 Å². The molecule has 0 amide bonds. The number of fused-ring (bicyclic) bond motifs is 1. The van der Waals surface area contributed by atoms with Gasteiger partial charge in [0.05, 0.1) is 24.6 Å². The monoisotopic (exact) mass is 391 g/mol. The van der Waals surface area contributed by atoms with Crippen molar-refractivity contribution in [2.45, 2.75) is 6.54 Å². The summed E-state index contributed by atoms with van der Waals surface area (Å²) in [5.41, 5.74) is -0.138. The maximum Gasteiger partial charge on any atom is 0.422 e. The molecule has 0 bridgehead atoms. The van der Waals surface area contributed by atoms with Gasteiger partial charge >= 0.3 is 11.4 Å². The number of hydrogen-bond donors (Lipinski definition) is 0. The molecule has 3 aromatic rings. The molecule has 0 saturated heterocycles. The second-order valence-electron chi connectivity index (χ2n) is 4.99. The van der Waals surface area contributed by atoms with E-state index < -0.39 is 11.4 Å². The van der Waals surface area contributed by atoms with E-state index in [2.05, 4.69) is 15.9 Å². The highest BCUT2D eigenvalue weighted by atomic mass is 79.9. The van der Waals surface area contributed by atoms with Gasteiger partial charge in [0.1, 0.15) is 18.1 Å². The fourth-order valence-electron chi connectivity index (χ4n) is 2.33. The minimum absolute atomic E-state index is 0.255. The van der Waals surface area contributed by atoms with Crippen LogP contribution in [0.2, 0.25) is 0 Å². The smallest absolute Gasteiger partial charge is 0.422 e. The fraction of sp³-hybridized carbons (Fsp3) is 0.176. The number of aromatic nitrogens is 1. The molecule has 3 rings (SSSR count). The van der Waals surface area contributed by atoms with Crippen molar-refractivity contribution >= 4 is 26.8 Å². The number of hydrogen-bond acceptors (Lipinski definition) is 5. The lowest BCUT2D eigenvalue weighted by atomic mass is 10.2. The average Bonchev–Trinajstić information content (AvgIpc) is 2.58. The summed E-state index contributed by atoms with van der Waals surface area (Å²) in [6.07, 6.45) is 0. The Bertz CT molecular complexity index is 975. The summed E-state index contributed by atoms with van der Waals surface area (Å²) in [7, 11) is 1.59. The molecule has 1 heterocycles. The highest BCUT2D eigenvalue weighted by Gasteiger charge is 2.10. The molecule has 0 aliphatic rings. The highest BCUT2D eigenvalue weighted by molar-refractivity contribution is 9.10. The Balaban J connectivity index is 1.82. The van der Waals surface area contributed by atoms with E-state index in [1.165, 1.54) is 4.57 Å². The first-order valence-electron chi connectivity index (χ1n) is 7.18. The Morgan fingerprint density at radius 3 is 2.50 bits per heavy atom. The van der Waals surface area contributed by atoms with Crippen LogP contribution in [-0.2, 0) is 6.54 Å². The first-order chi connectivity index (χ1) is 11.6. The van der Waals surface area contributed by atoms with Crippen molar-refractivity contribution in [1.82, 2.24) is 4.57 Å². The Kier molecular flexibility index (Phi) is 4.71. The van der Waals surface area contributed by atoms with Gasteiger partial charge in [0.25, 0.3) is 0 Å². The first kappa shape index (κ1) is 16.3. The number of ether oxygens (including phenoxy) is 2. The molecular weight excluding hydrogens is 378 g/mol. The molecule has 7 heteroatoms. The fourth-order valence-corrected chi connectivity index (χ4v) is 2.69. The summed E-state index contributed by atoms with van der Waals surface area (Å²) in [5, 5.41) is 0.341. The molecule has 1 aromatic heterocycles. The van der Waals surface area contributed by atoms with Crippen LogP contribution >= 0.6 is 15.9 Å². The van der Waals surface area contributed by atoms with E-state index in [1.807, 2.05) is 0 Å². The highest BCUT2D eigenvalue weighted by Crippen LogP contribution is 2.18. The van der Waals surface area contributed by atoms with Crippen molar-refractivity contribution in [3.63, 3.8) is 0 Å². The number of methoxy groups -OCH3 is 1. The van der Waals surface area contributed by atoms with E-state index >= 15 is 0 Å². The van der Waals surface area contributed by atoms with Crippen molar-refractivity contribution in [2.24, 2.45) is 0 Å². The van der Waals surface area contributed by atoms with Gasteiger partial charge in [0.15, 0.2) is 0 Å². The summed E-state index contributed by atoms with van der Waals surface area (Å²) in [6, 6.07) is 12.2. The molecule has 2 aromatic carbocycles. The molecule has 0 saturated carbocycles. The number of nitrogens with zero attached hydrogens (tertiary/aromatic N) is 1. The molecule has 0 aliphatic carbocycles. The lowest BCUT2D eigenvalue weighted by Gasteiger charge is -2.10. The van der Waals surface area contributed by atoms with Crippen molar-refractivity contribution < 1.29 is 13.9 Å². The van der Waals surface area contributed by atoms with Crippen LogP contribution in [0.1, 0.15) is 0 Å². The molecule has 0 radical (unpaired) electrons. The second kappa shape index (κ2) is 6.92. The lowest BCUT2D eigenvalue weighted by Crippen LogP contribution is -2.27. The van der Waals surface area contributed by atoms with Gasteiger partial charge in [-0.3, -0.25) is 4.57 Å². The molecule has 0 atom stereocenters. The van der Waals surface area contributed by atoms with Gasteiger partial charge in [-0.25, -0.2) is 9.59 Å². The van der Waals surface area contributed by atoms with Crippen molar-refractivity contribution in [3.05, 3.63) is 67.9 Å². The molecule has 0 N–H and O–H groups in total. The first-order valence-corrected chi connectivity index (χ1v) is 7.98. The van der Waals surface area contributed by atoms with Crippen LogP contribution in [-0.4, -0.2) is 18.3 Å². The van der Waals surface area contributed by atoms with E-state index in [-0.39, 0.29) is 13.2 Å². The number of rotatable bonds is 5. The second-order valence-corrected chi connectivity index (χ2v) is 5.91. The minimum atomic E-state index is -0.701. The van der Waals surface area contributed by atoms with Gasteiger partial charge in [-0.15, -0.1) is 0 Å². The molecule has 0 aliphatic heterocycles. The molecule has 24 heavy (non-hydrogen) atoms. The van der Waals surface area contributed by atoms with Crippen LogP contribution in [0, 0.1) is 0 Å². The minimum Gasteiger partial charge on any atom is -0.497 e. The molecule has 0 unspecified atom stereocenters. The zero-order chi connectivity index (χ0) is 17.1. The summed E-state index contributed by atoms with van der Waals surface area (Å²) in [6.45, 7) is 0.512. The van der Waals surface area contributed by atoms with Gasteiger partial charge in [-0.1, -0.05) is 15.9 Å². The lowest BCUT2D eigenvalue weighted by molar-refractivity contribution is 0.287. The maximum absolute atomic E-state index is 12.0. The van der Waals surface area contributed by atoms with E-state index in [1.54, 1.807) is 49.6 Å². The van der Waals surface area contributed by atoms with Crippen molar-refractivity contribution in [3.8, 4) is 11.5 Å². The normalized spacial score (nSPS) is 10.8. The summed E-state index contributed by atoms with van der Waals surface area (Å²) >= 11 is 3.30. The Hall–Kier alpha value is -2.54. The zero-order valence-electron chi connectivity index (χ0n) is 12.8. The standard InChI is InChI=1S/C17H14BrNO5/c1-22-12-3-5-13(6-4-12)23-9-8-19-15-7-2-11(18)10-14(15)16(20)24-17(19)21/h2-7,10H,8-9H2,1H3. The predicted molar refractivity (Wildman–Crippen MR) is 92.9 cm³/mol. The Morgan fingerprint density at radius 2 is 1.79 bits per heavy atom. The third-order valence-corrected chi connectivity index (χ3v) is 4.01. The summed E-state index contributed by atoms with van der Waals surface area (Å²) in [4.78, 5) is 23.8. The third kappa shape index (κ3) is 3.35. The van der Waals surface area contributed by atoms with Crippen LogP contribution in [0.4, 0.5) is 0 Å². The largest absolute Gasteiger partial charge is 0.497 e. The van der Waals surface area contributed by atoms with Gasteiger partial charge in [-0.05, 0) is 42.5 Å². The molecule has 6 nitrogen and oxygen atoms in total. The van der Waals surface area contributed by atoms with Crippen molar-refractivity contribution in [1.29, 1.82) is 0 Å². The molecular formula is C17H14BrNO5. The van der Waals surface area contributed by atoms with E-state index in [9.17, 15) is 9.59 Å². The third-order valence-electron chi connectivity index (χ3n) is 3.51. The van der Waals surface area contributed by atoms with Crippen LogP contribution < -0.4 is 20.9 Å². The van der Waals surface area contributed by atoms with Gasteiger partial charge in [0.2, 0.25) is 0 Å². The number of benzene rings is 2. The van der Waals surface area contributed by atoms with Crippen LogP contribution in [0.25, 0.3) is 10.9 Å². The van der Waals surface area contributed by atoms with E-state index in [4.69, 9.17) is 13.9 Å². The predicted octanol–water partition coefficient (Wildman–Crippen LogP) is 2.80. The van der Waals surface area contributed by atoms with Crippen LogP contribution in [0.5, 0.6) is 11.5 Å². The Morgan fingerprint density at radius 1 is 1.08 bits per heavy atom. The molecule has 0 fully saturated rings. The molecule has 0 spiro atoms. The maximum atomic E-state index is 12.0. The van der Waals surface area contributed by atoms with Gasteiger partial charge in [0, 0.05) is 4.47 Å². The van der Waals surface area contributed by atoms with E-state index in [0.29, 0.717) is 16.7 Å². The van der Waals surface area contributed by atoms with Gasteiger partial charge < -0.3 is 13.9 Å². The average molecular weight is 392 g/mol. The quantitative estimate of drug-likeness (QED) is 0.668. The zero-order valence-corrected chi connectivity index (χ0v) is 14.4. The van der Waals surface area contributed by atoms with Crippen LogP contribution in [0.3, 0.4) is 0 Å². The topological polar surface area (TPSA) is 70.7 Å². The SMILES string of the molecule is COc1ccc(OCCn2c(=O)oc(=O)c3cc(Br)ccc32)cc1. The Labute approximate surface area is 145 Å². The van der Waals surface area contributed by atoms with Crippen LogP contribution in [0.15, 0.2) is 60.9 Å². The van der Waals surface area contributed by atoms with Gasteiger partial charge in [-0.2, -0.15) is 0 Å². The summed E-state index contributed by atoms with van der Waals surface area (Å²) in [5.74, 6) is 0.696. The molecule has 124 valence electrons. The summed E-state index contributed by atoms with van der Waals surface area (Å²) < 4.78 is 17.6. The number of halogens is 1.